The van der Waals surface area contributed by atoms with Crippen LogP contribution >= 0.6 is 11.6 Å². The number of carbonyl (C=O) groups excluding carboxylic acids is 1. The smallest absolute Gasteiger partial charge is 0.239 e. The van der Waals surface area contributed by atoms with Crippen molar-refractivity contribution in [2.75, 3.05) is 44.8 Å². The van der Waals surface area contributed by atoms with Crippen LogP contribution < -0.4 is 15.5 Å². The summed E-state index contributed by atoms with van der Waals surface area (Å²) in [6.45, 7) is 4.06. The molecule has 0 radical (unpaired) electrons. The molecule has 5 nitrogen and oxygen atoms in total. The van der Waals surface area contributed by atoms with Gasteiger partial charge in [0.1, 0.15) is 0 Å². The number of ether oxygens (including phenoxy) is 1. The quantitative estimate of drug-likeness (QED) is 0.780. The first-order valence-electron chi connectivity index (χ1n) is 7.21. The number of para-hydroxylation sites is 1. The summed E-state index contributed by atoms with van der Waals surface area (Å²) in [5, 5.41) is 6.90. The lowest BCUT2D eigenvalue weighted by Crippen LogP contribution is -2.34. The zero-order valence-electron chi connectivity index (χ0n) is 12.3. The van der Waals surface area contributed by atoms with Crippen molar-refractivity contribution in [3.8, 4) is 0 Å². The van der Waals surface area contributed by atoms with Gasteiger partial charge in [-0.15, -0.1) is 0 Å². The molecule has 1 amide bonds. The largest absolute Gasteiger partial charge is 0.383 e. The monoisotopic (exact) mass is 311 g/mol. The molecule has 0 aromatic heterocycles. The molecule has 2 N–H and O–H groups in total. The highest BCUT2D eigenvalue weighted by molar-refractivity contribution is 6.33. The molecular formula is C15H22ClN3O2. The molecule has 1 aromatic carbocycles. The highest BCUT2D eigenvalue weighted by atomic mass is 35.5. The lowest BCUT2D eigenvalue weighted by molar-refractivity contribution is -0.119. The van der Waals surface area contributed by atoms with Crippen LogP contribution in [0.3, 0.4) is 0 Å². The van der Waals surface area contributed by atoms with E-state index < -0.39 is 0 Å². The van der Waals surface area contributed by atoms with Crippen LogP contribution in [0, 0.1) is 0 Å². The minimum Gasteiger partial charge on any atom is -0.383 e. The van der Waals surface area contributed by atoms with Gasteiger partial charge in [-0.3, -0.25) is 4.79 Å². The maximum atomic E-state index is 11.8. The van der Waals surface area contributed by atoms with Gasteiger partial charge in [0.2, 0.25) is 5.91 Å². The summed E-state index contributed by atoms with van der Waals surface area (Å²) in [5.41, 5.74) is 2.06. The number of hydrogen-bond acceptors (Lipinski definition) is 4. The molecule has 2 rings (SSSR count). The fraction of sp³-hybridized carbons (Fsp3) is 0.533. The van der Waals surface area contributed by atoms with Gasteiger partial charge in [-0.1, -0.05) is 23.7 Å². The minimum atomic E-state index is 0.0470. The van der Waals surface area contributed by atoms with Crippen molar-refractivity contribution in [2.45, 2.75) is 13.0 Å². The molecule has 0 atom stereocenters. The molecule has 0 spiro atoms. The van der Waals surface area contributed by atoms with Crippen LogP contribution in [0.4, 0.5) is 5.69 Å². The van der Waals surface area contributed by atoms with Gasteiger partial charge in [-0.05, 0) is 18.1 Å². The number of rotatable bonds is 6. The van der Waals surface area contributed by atoms with Gasteiger partial charge in [-0.2, -0.15) is 0 Å². The minimum absolute atomic E-state index is 0.0470. The van der Waals surface area contributed by atoms with Gasteiger partial charge in [0.15, 0.2) is 0 Å². The average Bonchev–Trinajstić information content (AvgIpc) is 2.68. The third-order valence-corrected chi connectivity index (χ3v) is 3.75. The lowest BCUT2D eigenvalue weighted by Gasteiger charge is -2.25. The van der Waals surface area contributed by atoms with E-state index in [1.165, 1.54) is 0 Å². The summed E-state index contributed by atoms with van der Waals surface area (Å²) in [6.07, 6.45) is 0.924. The van der Waals surface area contributed by atoms with Crippen molar-refractivity contribution in [1.29, 1.82) is 0 Å². The summed E-state index contributed by atoms with van der Waals surface area (Å²) in [6, 6.07) is 5.86. The summed E-state index contributed by atoms with van der Waals surface area (Å²) in [4.78, 5) is 13.8. The number of halogens is 1. The number of hydrogen-bond donors (Lipinski definition) is 2. The molecule has 1 aliphatic rings. The molecule has 1 fully saturated rings. The number of anilines is 1. The number of carbonyl (C=O) groups is 1. The molecule has 0 bridgehead atoms. The molecule has 1 aromatic rings. The average molecular weight is 312 g/mol. The first-order chi connectivity index (χ1) is 10.2. The molecule has 6 heteroatoms. The Balaban J connectivity index is 2.14. The Hall–Kier alpha value is -1.30. The van der Waals surface area contributed by atoms with Crippen LogP contribution in [0.5, 0.6) is 0 Å². The Kier molecular flexibility index (Phi) is 6.29. The van der Waals surface area contributed by atoms with Crippen molar-refractivity contribution in [3.63, 3.8) is 0 Å². The van der Waals surface area contributed by atoms with E-state index in [-0.39, 0.29) is 5.91 Å². The van der Waals surface area contributed by atoms with E-state index in [4.69, 9.17) is 16.3 Å². The third-order valence-electron chi connectivity index (χ3n) is 3.45. The first kappa shape index (κ1) is 16.1. The zero-order valence-corrected chi connectivity index (χ0v) is 13.1. The van der Waals surface area contributed by atoms with Crippen LogP contribution in [-0.4, -0.2) is 45.8 Å². The van der Waals surface area contributed by atoms with Crippen LogP contribution in [0.1, 0.15) is 12.0 Å². The summed E-state index contributed by atoms with van der Waals surface area (Å²) in [7, 11) is 1.68. The van der Waals surface area contributed by atoms with Gasteiger partial charge >= 0.3 is 0 Å². The Morgan fingerprint density at radius 2 is 2.33 bits per heavy atom. The fourth-order valence-corrected chi connectivity index (χ4v) is 2.76. The van der Waals surface area contributed by atoms with Crippen LogP contribution in [0.2, 0.25) is 5.02 Å². The number of methoxy groups -OCH3 is 1. The van der Waals surface area contributed by atoms with Crippen molar-refractivity contribution in [3.05, 3.63) is 28.8 Å². The van der Waals surface area contributed by atoms with E-state index in [2.05, 4.69) is 15.5 Å². The van der Waals surface area contributed by atoms with Gasteiger partial charge < -0.3 is 20.3 Å². The van der Waals surface area contributed by atoms with E-state index in [1.54, 1.807) is 7.11 Å². The third kappa shape index (κ3) is 4.59. The standard InChI is InChI=1S/C15H22ClN3O2/c1-21-9-7-17-10-12-4-2-5-13(16)15(12)19-8-3-6-18-14(20)11-19/h2,4-5,17H,3,6-11H2,1H3,(H,18,20). The second kappa shape index (κ2) is 8.22. The van der Waals surface area contributed by atoms with Gasteiger partial charge in [0, 0.05) is 33.3 Å². The Morgan fingerprint density at radius 1 is 1.48 bits per heavy atom. The number of nitrogens with zero attached hydrogens (tertiary/aromatic N) is 1. The molecule has 1 saturated heterocycles. The molecule has 0 unspecified atom stereocenters. The van der Waals surface area contributed by atoms with Crippen molar-refractivity contribution in [2.24, 2.45) is 0 Å². The topological polar surface area (TPSA) is 53.6 Å². The zero-order chi connectivity index (χ0) is 15.1. The lowest BCUT2D eigenvalue weighted by atomic mass is 10.1. The number of amides is 1. The molecule has 0 saturated carbocycles. The number of nitrogens with one attached hydrogen (secondary N) is 2. The maximum Gasteiger partial charge on any atom is 0.239 e. The van der Waals surface area contributed by atoms with Crippen molar-refractivity contribution in [1.82, 2.24) is 10.6 Å². The highest BCUT2D eigenvalue weighted by Crippen LogP contribution is 2.30. The summed E-state index contributed by atoms with van der Waals surface area (Å²) in [5.74, 6) is 0.0470. The van der Waals surface area contributed by atoms with E-state index >= 15 is 0 Å². The SMILES string of the molecule is COCCNCc1cccc(Cl)c1N1CCCNC(=O)C1. The summed E-state index contributed by atoms with van der Waals surface area (Å²) >= 11 is 6.38. The molecular weight excluding hydrogens is 290 g/mol. The first-order valence-corrected chi connectivity index (χ1v) is 7.59. The number of benzene rings is 1. The molecule has 1 heterocycles. The van der Waals surface area contributed by atoms with E-state index in [1.807, 2.05) is 18.2 Å². The van der Waals surface area contributed by atoms with Crippen LogP contribution in [0.25, 0.3) is 0 Å². The Labute approximate surface area is 130 Å². The van der Waals surface area contributed by atoms with E-state index in [0.29, 0.717) is 24.7 Å². The second-order valence-corrected chi connectivity index (χ2v) is 5.45. The van der Waals surface area contributed by atoms with Crippen molar-refractivity contribution < 1.29 is 9.53 Å². The molecule has 0 aliphatic carbocycles. The normalized spacial score (nSPS) is 15.7. The molecule has 1 aliphatic heterocycles. The van der Waals surface area contributed by atoms with E-state index in [9.17, 15) is 4.79 Å². The highest BCUT2D eigenvalue weighted by Gasteiger charge is 2.19. The predicted octanol–water partition coefficient (Wildman–Crippen LogP) is 1.40. The molecule has 21 heavy (non-hydrogen) atoms. The second-order valence-electron chi connectivity index (χ2n) is 5.04. The van der Waals surface area contributed by atoms with Gasteiger partial charge in [-0.25, -0.2) is 0 Å². The van der Waals surface area contributed by atoms with Crippen LogP contribution in [0.15, 0.2) is 18.2 Å². The predicted molar refractivity (Wildman–Crippen MR) is 84.9 cm³/mol. The Bertz CT molecular complexity index is 482. The van der Waals surface area contributed by atoms with E-state index in [0.717, 1.165) is 37.3 Å². The van der Waals surface area contributed by atoms with Gasteiger partial charge in [0.05, 0.1) is 23.9 Å². The van der Waals surface area contributed by atoms with Crippen LogP contribution in [-0.2, 0) is 16.1 Å². The van der Waals surface area contributed by atoms with Crippen molar-refractivity contribution >= 4 is 23.2 Å². The molecule has 116 valence electrons. The Morgan fingerprint density at radius 3 is 3.14 bits per heavy atom. The van der Waals surface area contributed by atoms with Gasteiger partial charge in [0.25, 0.3) is 0 Å². The summed E-state index contributed by atoms with van der Waals surface area (Å²) < 4.78 is 5.03. The fourth-order valence-electron chi connectivity index (χ4n) is 2.45. The maximum absolute atomic E-state index is 11.8.